The average molecular weight is 291 g/mol. The third kappa shape index (κ3) is 2.44. The van der Waals surface area contributed by atoms with Crippen molar-refractivity contribution in [2.24, 2.45) is 0 Å². The third-order valence-electron chi connectivity index (χ3n) is 3.12. The summed E-state index contributed by atoms with van der Waals surface area (Å²) in [4.78, 5) is 11.0. The van der Waals surface area contributed by atoms with Crippen LogP contribution in [0, 0.1) is 0 Å². The highest BCUT2D eigenvalue weighted by molar-refractivity contribution is 7.91. The van der Waals surface area contributed by atoms with Crippen LogP contribution in [0.3, 0.4) is 0 Å². The number of rotatable bonds is 4. The molecule has 100 valence electrons. The molecule has 0 aliphatic carbocycles. The van der Waals surface area contributed by atoms with Gasteiger partial charge in [-0.15, -0.1) is 0 Å². The van der Waals surface area contributed by atoms with Crippen molar-refractivity contribution in [1.82, 2.24) is 9.78 Å². The summed E-state index contributed by atoms with van der Waals surface area (Å²) in [7, 11) is -2.99. The van der Waals surface area contributed by atoms with Crippen molar-refractivity contribution in [1.29, 1.82) is 0 Å². The number of aromatic nitrogens is 2. The molecule has 0 amide bonds. The van der Waals surface area contributed by atoms with Gasteiger partial charge >= 0.3 is 0 Å². The lowest BCUT2D eigenvalue weighted by molar-refractivity contribution is 0.112. The van der Waals surface area contributed by atoms with Crippen molar-refractivity contribution in [2.75, 3.05) is 11.5 Å². The van der Waals surface area contributed by atoms with Crippen molar-refractivity contribution >= 4 is 27.7 Å². The summed E-state index contributed by atoms with van der Waals surface area (Å²) in [5, 5.41) is 4.57. The molecule has 1 aliphatic heterocycles. The van der Waals surface area contributed by atoms with Gasteiger partial charge in [-0.2, -0.15) is 5.10 Å². The SMILES string of the molecule is CCCc1nn(C2CCS(=O)(=O)C2)c(Cl)c1C=O. The van der Waals surface area contributed by atoms with Crippen LogP contribution in [-0.4, -0.2) is 36.0 Å². The number of halogens is 1. The molecule has 0 spiro atoms. The quantitative estimate of drug-likeness (QED) is 0.791. The maximum atomic E-state index is 11.5. The molecule has 0 N–H and O–H groups in total. The van der Waals surface area contributed by atoms with Gasteiger partial charge in [0.25, 0.3) is 0 Å². The van der Waals surface area contributed by atoms with E-state index in [0.717, 1.165) is 6.42 Å². The van der Waals surface area contributed by atoms with Crippen LogP contribution in [-0.2, 0) is 16.3 Å². The number of aryl methyl sites for hydroxylation is 1. The third-order valence-corrected chi connectivity index (χ3v) is 5.25. The highest BCUT2D eigenvalue weighted by Crippen LogP contribution is 2.29. The Hall–Kier alpha value is -0.880. The van der Waals surface area contributed by atoms with Gasteiger partial charge in [0.2, 0.25) is 0 Å². The predicted octanol–water partition coefficient (Wildman–Crippen LogP) is 1.66. The summed E-state index contributed by atoms with van der Waals surface area (Å²) in [5.41, 5.74) is 1.05. The Morgan fingerprint density at radius 3 is 2.78 bits per heavy atom. The molecule has 0 aromatic carbocycles. The van der Waals surface area contributed by atoms with Gasteiger partial charge in [0.05, 0.1) is 28.8 Å². The summed E-state index contributed by atoms with van der Waals surface area (Å²) in [6.07, 6.45) is 2.73. The topological polar surface area (TPSA) is 69.0 Å². The number of hydrogen-bond donors (Lipinski definition) is 0. The Labute approximate surface area is 111 Å². The minimum atomic E-state index is -2.99. The maximum Gasteiger partial charge on any atom is 0.155 e. The zero-order chi connectivity index (χ0) is 13.3. The monoisotopic (exact) mass is 290 g/mol. The lowest BCUT2D eigenvalue weighted by Gasteiger charge is -2.09. The fraction of sp³-hybridized carbons (Fsp3) is 0.636. The molecule has 1 aliphatic rings. The van der Waals surface area contributed by atoms with Crippen molar-refractivity contribution in [2.45, 2.75) is 32.2 Å². The van der Waals surface area contributed by atoms with Crippen LogP contribution in [0.2, 0.25) is 5.15 Å². The van der Waals surface area contributed by atoms with E-state index in [1.54, 1.807) is 0 Å². The standard InChI is InChI=1S/C11H15ClN2O3S/c1-2-3-10-9(6-15)11(12)14(13-10)8-4-5-18(16,17)7-8/h6,8H,2-5,7H2,1H3. The molecule has 1 unspecified atom stereocenters. The van der Waals surface area contributed by atoms with Crippen LogP contribution in [0.25, 0.3) is 0 Å². The maximum absolute atomic E-state index is 11.5. The number of carbonyl (C=O) groups excluding carboxylic acids is 1. The van der Waals surface area contributed by atoms with E-state index in [-0.39, 0.29) is 22.7 Å². The minimum absolute atomic E-state index is 0.0538. The van der Waals surface area contributed by atoms with Crippen LogP contribution in [0.15, 0.2) is 0 Å². The van der Waals surface area contributed by atoms with Gasteiger partial charge in [-0.1, -0.05) is 24.9 Å². The molecular formula is C11H15ClN2O3S. The number of hydrogen-bond acceptors (Lipinski definition) is 4. The summed E-state index contributed by atoms with van der Waals surface area (Å²) < 4.78 is 24.4. The molecule has 5 nitrogen and oxygen atoms in total. The molecule has 1 saturated heterocycles. The van der Waals surface area contributed by atoms with E-state index < -0.39 is 9.84 Å². The smallest absolute Gasteiger partial charge is 0.155 e. The van der Waals surface area contributed by atoms with Crippen molar-refractivity contribution in [3.63, 3.8) is 0 Å². The normalized spacial score (nSPS) is 22.2. The summed E-state index contributed by atoms with van der Waals surface area (Å²) >= 11 is 6.11. The summed E-state index contributed by atoms with van der Waals surface area (Å²) in [6.45, 7) is 1.99. The van der Waals surface area contributed by atoms with E-state index in [9.17, 15) is 13.2 Å². The van der Waals surface area contributed by atoms with Crippen molar-refractivity contribution < 1.29 is 13.2 Å². The fourth-order valence-electron chi connectivity index (χ4n) is 2.22. The molecule has 7 heteroatoms. The lowest BCUT2D eigenvalue weighted by atomic mass is 10.2. The molecule has 18 heavy (non-hydrogen) atoms. The first-order valence-electron chi connectivity index (χ1n) is 5.91. The van der Waals surface area contributed by atoms with Gasteiger partial charge in [-0.05, 0) is 12.8 Å². The van der Waals surface area contributed by atoms with E-state index in [0.29, 0.717) is 30.4 Å². The molecule has 1 aromatic heterocycles. The van der Waals surface area contributed by atoms with Crippen molar-refractivity contribution in [3.05, 3.63) is 16.4 Å². The minimum Gasteiger partial charge on any atom is -0.298 e. The summed E-state index contributed by atoms with van der Waals surface area (Å²) in [5.74, 6) is 0.214. The lowest BCUT2D eigenvalue weighted by Crippen LogP contribution is -2.12. The Balaban J connectivity index is 2.37. The van der Waals surface area contributed by atoms with Crippen molar-refractivity contribution in [3.8, 4) is 0 Å². The number of carbonyl (C=O) groups is 1. The highest BCUT2D eigenvalue weighted by atomic mass is 35.5. The zero-order valence-electron chi connectivity index (χ0n) is 10.1. The predicted molar refractivity (Wildman–Crippen MR) is 68.9 cm³/mol. The molecule has 1 aromatic rings. The van der Waals surface area contributed by atoms with Gasteiger partial charge < -0.3 is 0 Å². The fourth-order valence-corrected chi connectivity index (χ4v) is 4.24. The number of sulfone groups is 1. The highest BCUT2D eigenvalue weighted by Gasteiger charge is 2.32. The van der Waals surface area contributed by atoms with Crippen LogP contribution in [0.1, 0.15) is 41.9 Å². The van der Waals surface area contributed by atoms with Gasteiger partial charge in [-0.3, -0.25) is 4.79 Å². The van der Waals surface area contributed by atoms with E-state index in [1.165, 1.54) is 4.68 Å². The largest absolute Gasteiger partial charge is 0.298 e. The first-order chi connectivity index (χ1) is 8.48. The van der Waals surface area contributed by atoms with E-state index in [1.807, 2.05) is 6.92 Å². The van der Waals surface area contributed by atoms with E-state index in [2.05, 4.69) is 5.10 Å². The second-order valence-corrected chi connectivity index (χ2v) is 7.11. The Bertz CT molecular complexity index is 565. The van der Waals surface area contributed by atoms with Gasteiger partial charge in [0, 0.05) is 0 Å². The van der Waals surface area contributed by atoms with Gasteiger partial charge in [0.15, 0.2) is 16.1 Å². The van der Waals surface area contributed by atoms with Gasteiger partial charge in [-0.25, -0.2) is 13.1 Å². The zero-order valence-corrected chi connectivity index (χ0v) is 11.7. The van der Waals surface area contributed by atoms with Crippen LogP contribution >= 0.6 is 11.6 Å². The number of aldehydes is 1. The average Bonchev–Trinajstić information content (AvgIpc) is 2.80. The number of nitrogens with zero attached hydrogens (tertiary/aromatic N) is 2. The van der Waals surface area contributed by atoms with Crippen LogP contribution < -0.4 is 0 Å². The molecule has 2 heterocycles. The van der Waals surface area contributed by atoms with Crippen LogP contribution in [0.5, 0.6) is 0 Å². The summed E-state index contributed by atoms with van der Waals surface area (Å²) in [6, 6.07) is -0.244. The molecule has 0 bridgehead atoms. The van der Waals surface area contributed by atoms with Crippen LogP contribution in [0.4, 0.5) is 0 Å². The Morgan fingerprint density at radius 2 is 2.28 bits per heavy atom. The molecule has 0 radical (unpaired) electrons. The van der Waals surface area contributed by atoms with E-state index >= 15 is 0 Å². The Kier molecular flexibility index (Phi) is 3.77. The second-order valence-electron chi connectivity index (χ2n) is 4.52. The van der Waals surface area contributed by atoms with E-state index in [4.69, 9.17) is 11.6 Å². The molecule has 0 saturated carbocycles. The first kappa shape index (κ1) is 13.5. The molecule has 2 rings (SSSR count). The second kappa shape index (κ2) is 5.01. The first-order valence-corrected chi connectivity index (χ1v) is 8.11. The molecule has 1 atom stereocenters. The van der Waals surface area contributed by atoms with Gasteiger partial charge in [0.1, 0.15) is 5.15 Å². The Morgan fingerprint density at radius 1 is 1.56 bits per heavy atom. The molecular weight excluding hydrogens is 276 g/mol. The molecule has 1 fully saturated rings.